The average Bonchev–Trinajstić information content (AvgIpc) is 2.97. The molecule has 0 bridgehead atoms. The van der Waals surface area contributed by atoms with Crippen LogP contribution in [0.15, 0.2) is 56.1 Å². The van der Waals surface area contributed by atoms with Gasteiger partial charge in [-0.3, -0.25) is 0 Å². The SMILES string of the molecule is O=C(O)c1cccc2oc(-c3cc4ccc(O)cc4oc3=O)nc12. The Bertz CT molecular complexity index is 1170. The highest BCUT2D eigenvalue weighted by Gasteiger charge is 2.18. The highest BCUT2D eigenvalue weighted by Crippen LogP contribution is 2.27. The van der Waals surface area contributed by atoms with Crippen molar-refractivity contribution in [1.82, 2.24) is 4.98 Å². The van der Waals surface area contributed by atoms with Gasteiger partial charge >= 0.3 is 11.6 Å². The van der Waals surface area contributed by atoms with Crippen LogP contribution in [0.5, 0.6) is 5.75 Å². The smallest absolute Gasteiger partial charge is 0.349 e. The van der Waals surface area contributed by atoms with Gasteiger partial charge in [-0.2, -0.15) is 0 Å². The first kappa shape index (κ1) is 14.0. The summed E-state index contributed by atoms with van der Waals surface area (Å²) in [4.78, 5) is 27.6. The van der Waals surface area contributed by atoms with Crippen molar-refractivity contribution in [2.45, 2.75) is 0 Å². The Labute approximate surface area is 133 Å². The lowest BCUT2D eigenvalue weighted by molar-refractivity contribution is 0.0699. The van der Waals surface area contributed by atoms with Crippen LogP contribution in [0.4, 0.5) is 0 Å². The van der Waals surface area contributed by atoms with E-state index in [9.17, 15) is 19.8 Å². The molecule has 4 aromatic rings. The number of phenols is 1. The van der Waals surface area contributed by atoms with Crippen LogP contribution in [0, 0.1) is 0 Å². The Morgan fingerprint density at radius 2 is 1.88 bits per heavy atom. The van der Waals surface area contributed by atoms with Crippen molar-refractivity contribution in [3.8, 4) is 17.2 Å². The van der Waals surface area contributed by atoms with Gasteiger partial charge in [0.2, 0.25) is 5.89 Å². The number of carbonyl (C=O) groups is 1. The second-order valence-corrected chi connectivity index (χ2v) is 5.15. The predicted molar refractivity (Wildman–Crippen MR) is 84.1 cm³/mol. The van der Waals surface area contributed by atoms with E-state index in [2.05, 4.69) is 4.98 Å². The Balaban J connectivity index is 1.97. The van der Waals surface area contributed by atoms with Crippen LogP contribution in [0.3, 0.4) is 0 Å². The van der Waals surface area contributed by atoms with Crippen molar-refractivity contribution in [1.29, 1.82) is 0 Å². The molecule has 0 aliphatic rings. The van der Waals surface area contributed by atoms with Crippen molar-refractivity contribution in [2.75, 3.05) is 0 Å². The van der Waals surface area contributed by atoms with Gasteiger partial charge in [0.25, 0.3) is 0 Å². The Hall–Kier alpha value is -3.61. The summed E-state index contributed by atoms with van der Waals surface area (Å²) in [5, 5.41) is 19.2. The monoisotopic (exact) mass is 323 g/mol. The minimum Gasteiger partial charge on any atom is -0.508 e. The van der Waals surface area contributed by atoms with Crippen molar-refractivity contribution >= 4 is 28.0 Å². The number of aromatic hydroxyl groups is 1. The molecule has 0 saturated carbocycles. The summed E-state index contributed by atoms with van der Waals surface area (Å²) in [5.74, 6) is -1.18. The molecule has 0 fully saturated rings. The normalized spacial score (nSPS) is 11.2. The molecule has 0 aliphatic heterocycles. The summed E-state index contributed by atoms with van der Waals surface area (Å²) in [6, 6.07) is 10.4. The van der Waals surface area contributed by atoms with E-state index in [-0.39, 0.29) is 39.4 Å². The molecule has 0 atom stereocenters. The first-order valence-electron chi connectivity index (χ1n) is 6.93. The molecular weight excluding hydrogens is 314 g/mol. The first-order valence-corrected chi connectivity index (χ1v) is 6.93. The minimum atomic E-state index is -1.14. The molecule has 0 aliphatic carbocycles. The molecule has 2 aromatic heterocycles. The fraction of sp³-hybridized carbons (Fsp3) is 0. The van der Waals surface area contributed by atoms with E-state index in [0.29, 0.717) is 5.39 Å². The number of nitrogens with zero attached hydrogens (tertiary/aromatic N) is 1. The van der Waals surface area contributed by atoms with Crippen molar-refractivity contribution in [3.63, 3.8) is 0 Å². The minimum absolute atomic E-state index is 0.0161. The molecule has 0 spiro atoms. The van der Waals surface area contributed by atoms with E-state index in [0.717, 1.165) is 0 Å². The number of phenolic OH excluding ortho intramolecular Hbond substituents is 1. The van der Waals surface area contributed by atoms with Gasteiger partial charge in [-0.1, -0.05) is 6.07 Å². The molecule has 2 N–H and O–H groups in total. The van der Waals surface area contributed by atoms with Gasteiger partial charge in [0, 0.05) is 11.5 Å². The van der Waals surface area contributed by atoms with Gasteiger partial charge < -0.3 is 19.0 Å². The molecule has 118 valence electrons. The number of hydrogen-bond acceptors (Lipinski definition) is 6. The molecule has 2 heterocycles. The quantitative estimate of drug-likeness (QED) is 0.545. The Morgan fingerprint density at radius 1 is 1.04 bits per heavy atom. The van der Waals surface area contributed by atoms with Crippen molar-refractivity contribution in [3.05, 3.63) is 58.4 Å². The number of benzene rings is 2. The van der Waals surface area contributed by atoms with E-state index in [1.165, 1.54) is 30.3 Å². The maximum Gasteiger partial charge on any atom is 0.349 e. The zero-order valence-electron chi connectivity index (χ0n) is 12.0. The largest absolute Gasteiger partial charge is 0.508 e. The number of oxazole rings is 1. The lowest BCUT2D eigenvalue weighted by atomic mass is 10.2. The second kappa shape index (κ2) is 4.95. The van der Waals surface area contributed by atoms with Gasteiger partial charge in [0.15, 0.2) is 5.58 Å². The average molecular weight is 323 g/mol. The molecule has 0 radical (unpaired) electrons. The predicted octanol–water partition coefficient (Wildman–Crippen LogP) is 3.00. The van der Waals surface area contributed by atoms with Crippen LogP contribution in [0.1, 0.15) is 10.4 Å². The van der Waals surface area contributed by atoms with Crippen LogP contribution in [0.2, 0.25) is 0 Å². The lowest BCUT2D eigenvalue weighted by Crippen LogP contribution is -2.03. The molecule has 4 rings (SSSR count). The van der Waals surface area contributed by atoms with Gasteiger partial charge in [0.1, 0.15) is 22.4 Å². The highest BCUT2D eigenvalue weighted by atomic mass is 16.4. The van der Waals surface area contributed by atoms with E-state index in [1.54, 1.807) is 12.1 Å². The molecular formula is C17H9NO6. The number of hydrogen-bond donors (Lipinski definition) is 2. The van der Waals surface area contributed by atoms with Crippen molar-refractivity contribution in [2.24, 2.45) is 0 Å². The van der Waals surface area contributed by atoms with Gasteiger partial charge in [-0.15, -0.1) is 0 Å². The Kier molecular flexibility index (Phi) is 2.89. The lowest BCUT2D eigenvalue weighted by Gasteiger charge is -1.99. The van der Waals surface area contributed by atoms with E-state index < -0.39 is 11.6 Å². The van der Waals surface area contributed by atoms with Crippen LogP contribution in [-0.4, -0.2) is 21.2 Å². The first-order chi connectivity index (χ1) is 11.5. The van der Waals surface area contributed by atoms with Gasteiger partial charge in [0.05, 0.1) is 5.56 Å². The van der Waals surface area contributed by atoms with E-state index in [4.69, 9.17) is 8.83 Å². The summed E-state index contributed by atoms with van der Waals surface area (Å²) < 4.78 is 10.7. The second-order valence-electron chi connectivity index (χ2n) is 5.15. The summed E-state index contributed by atoms with van der Waals surface area (Å²) >= 11 is 0. The topological polar surface area (TPSA) is 114 Å². The number of aromatic nitrogens is 1. The molecule has 0 saturated heterocycles. The van der Waals surface area contributed by atoms with Crippen LogP contribution in [0.25, 0.3) is 33.5 Å². The summed E-state index contributed by atoms with van der Waals surface area (Å²) in [5.41, 5.74) is 0.00116. The number of aromatic carboxylic acids is 1. The molecule has 0 unspecified atom stereocenters. The third kappa shape index (κ3) is 2.11. The maximum absolute atomic E-state index is 12.2. The molecule has 24 heavy (non-hydrogen) atoms. The molecule has 0 amide bonds. The van der Waals surface area contributed by atoms with Gasteiger partial charge in [-0.05, 0) is 30.3 Å². The molecule has 2 aromatic carbocycles. The fourth-order valence-electron chi connectivity index (χ4n) is 2.49. The summed E-state index contributed by atoms with van der Waals surface area (Å²) in [6.45, 7) is 0. The maximum atomic E-state index is 12.2. The molecule has 7 nitrogen and oxygen atoms in total. The zero-order chi connectivity index (χ0) is 16.8. The van der Waals surface area contributed by atoms with E-state index in [1.807, 2.05) is 0 Å². The van der Waals surface area contributed by atoms with Crippen LogP contribution >= 0.6 is 0 Å². The Morgan fingerprint density at radius 3 is 2.67 bits per heavy atom. The summed E-state index contributed by atoms with van der Waals surface area (Å²) in [7, 11) is 0. The highest BCUT2D eigenvalue weighted by molar-refractivity contribution is 6.00. The number of carboxylic acids is 1. The third-order valence-electron chi connectivity index (χ3n) is 3.60. The third-order valence-corrected chi connectivity index (χ3v) is 3.60. The van der Waals surface area contributed by atoms with Crippen LogP contribution in [-0.2, 0) is 0 Å². The zero-order valence-corrected chi connectivity index (χ0v) is 12.0. The van der Waals surface area contributed by atoms with Crippen LogP contribution < -0.4 is 5.63 Å². The van der Waals surface area contributed by atoms with Crippen molar-refractivity contribution < 1.29 is 23.8 Å². The van der Waals surface area contributed by atoms with E-state index >= 15 is 0 Å². The number of rotatable bonds is 2. The number of carboxylic acid groups (broad SMARTS) is 1. The standard InChI is InChI=1S/C17H9NO6/c19-9-5-4-8-6-11(17(22)24-13(8)7-9)15-18-14-10(16(20)21)2-1-3-12(14)23-15/h1-7,19H,(H,20,21). The number of para-hydroxylation sites is 1. The molecule has 7 heteroatoms. The fourth-order valence-corrected chi connectivity index (χ4v) is 2.49. The summed E-state index contributed by atoms with van der Waals surface area (Å²) in [6.07, 6.45) is 0. The van der Waals surface area contributed by atoms with Gasteiger partial charge in [-0.25, -0.2) is 14.6 Å². The number of fused-ring (bicyclic) bond motifs is 2.